The highest BCUT2D eigenvalue weighted by Crippen LogP contribution is 2.28. The molecule has 2 aromatic heterocycles. The van der Waals surface area contributed by atoms with Gasteiger partial charge in [0.25, 0.3) is 0 Å². The monoisotopic (exact) mass is 272 g/mol. The summed E-state index contributed by atoms with van der Waals surface area (Å²) in [7, 11) is 0. The highest BCUT2D eigenvalue weighted by molar-refractivity contribution is 6.32. The van der Waals surface area contributed by atoms with E-state index in [4.69, 9.17) is 17.3 Å². The molecule has 96 valence electrons. The van der Waals surface area contributed by atoms with Crippen molar-refractivity contribution in [2.75, 3.05) is 5.73 Å². The Kier molecular flexibility index (Phi) is 2.68. The zero-order valence-electron chi connectivity index (χ0n) is 10.7. The lowest BCUT2D eigenvalue weighted by Gasteiger charge is -2.09. The maximum Gasteiger partial charge on any atom is 0.207 e. The topological polar surface area (TPSA) is 56.7 Å². The first-order valence-corrected chi connectivity index (χ1v) is 6.32. The van der Waals surface area contributed by atoms with Crippen LogP contribution < -0.4 is 5.73 Å². The number of nitrogen functional groups attached to an aromatic ring is 1. The number of anilines is 1. The van der Waals surface area contributed by atoms with Crippen molar-refractivity contribution in [3.8, 4) is 5.69 Å². The molecule has 4 nitrogen and oxygen atoms in total. The highest BCUT2D eigenvalue weighted by atomic mass is 35.5. The van der Waals surface area contributed by atoms with Gasteiger partial charge in [0.2, 0.25) is 5.95 Å². The van der Waals surface area contributed by atoms with Crippen LogP contribution in [0.3, 0.4) is 0 Å². The zero-order chi connectivity index (χ0) is 13.6. The van der Waals surface area contributed by atoms with E-state index in [1.165, 1.54) is 0 Å². The van der Waals surface area contributed by atoms with E-state index in [1.54, 1.807) is 10.8 Å². The Morgan fingerprint density at radius 1 is 1.21 bits per heavy atom. The Morgan fingerprint density at radius 2 is 2.00 bits per heavy atom. The molecule has 0 bridgehead atoms. The van der Waals surface area contributed by atoms with Gasteiger partial charge in [-0.1, -0.05) is 17.7 Å². The van der Waals surface area contributed by atoms with Gasteiger partial charge in [-0.25, -0.2) is 9.97 Å². The van der Waals surface area contributed by atoms with Crippen LogP contribution in [0.2, 0.25) is 5.02 Å². The van der Waals surface area contributed by atoms with Crippen LogP contribution in [-0.4, -0.2) is 14.5 Å². The van der Waals surface area contributed by atoms with Crippen LogP contribution in [0.15, 0.2) is 30.5 Å². The molecule has 0 saturated heterocycles. The lowest BCUT2D eigenvalue weighted by molar-refractivity contribution is 1.08. The third-order valence-corrected chi connectivity index (χ3v) is 3.44. The molecular weight excluding hydrogens is 260 g/mol. The van der Waals surface area contributed by atoms with Gasteiger partial charge in [0, 0.05) is 6.20 Å². The summed E-state index contributed by atoms with van der Waals surface area (Å²) in [4.78, 5) is 8.75. The number of imidazole rings is 1. The third-order valence-electron chi connectivity index (χ3n) is 3.12. The SMILES string of the molecule is Cc1ccc(Cl)c(-n2c(N)nc3c(C)ccnc32)c1. The average Bonchev–Trinajstić information content (AvgIpc) is 2.70. The standard InChI is InChI=1S/C14H13ClN4/c1-8-3-4-10(15)11(7-8)19-13-12(18-14(19)16)9(2)5-6-17-13/h3-7H,1-2H3,(H2,16,18). The molecule has 0 aliphatic rings. The van der Waals surface area contributed by atoms with Gasteiger partial charge >= 0.3 is 0 Å². The Bertz CT molecular complexity index is 776. The van der Waals surface area contributed by atoms with Crippen LogP contribution >= 0.6 is 11.6 Å². The summed E-state index contributed by atoms with van der Waals surface area (Å²) < 4.78 is 1.79. The molecule has 0 atom stereocenters. The van der Waals surface area contributed by atoms with Crippen molar-refractivity contribution in [1.82, 2.24) is 14.5 Å². The van der Waals surface area contributed by atoms with Gasteiger partial charge in [0.1, 0.15) is 5.52 Å². The molecule has 0 radical (unpaired) electrons. The van der Waals surface area contributed by atoms with Crippen molar-refractivity contribution >= 4 is 28.7 Å². The molecule has 3 aromatic rings. The van der Waals surface area contributed by atoms with Gasteiger partial charge in [-0.05, 0) is 43.2 Å². The normalized spacial score (nSPS) is 11.1. The fourth-order valence-electron chi connectivity index (χ4n) is 2.14. The molecule has 5 heteroatoms. The van der Waals surface area contributed by atoms with Crippen LogP contribution in [0.1, 0.15) is 11.1 Å². The van der Waals surface area contributed by atoms with E-state index in [2.05, 4.69) is 9.97 Å². The largest absolute Gasteiger partial charge is 0.369 e. The van der Waals surface area contributed by atoms with E-state index in [0.717, 1.165) is 28.0 Å². The molecule has 0 amide bonds. The molecule has 0 aliphatic carbocycles. The molecule has 0 fully saturated rings. The van der Waals surface area contributed by atoms with Gasteiger partial charge in [-0.3, -0.25) is 4.57 Å². The van der Waals surface area contributed by atoms with E-state index >= 15 is 0 Å². The lowest BCUT2D eigenvalue weighted by atomic mass is 10.2. The molecule has 2 heterocycles. The van der Waals surface area contributed by atoms with Gasteiger partial charge in [0.15, 0.2) is 5.65 Å². The molecular formula is C14H13ClN4. The number of pyridine rings is 1. The average molecular weight is 273 g/mol. The maximum atomic E-state index is 6.27. The highest BCUT2D eigenvalue weighted by Gasteiger charge is 2.14. The van der Waals surface area contributed by atoms with Crippen molar-refractivity contribution < 1.29 is 0 Å². The predicted octanol–water partition coefficient (Wildman–Crippen LogP) is 3.27. The molecule has 0 unspecified atom stereocenters. The van der Waals surface area contributed by atoms with Crippen LogP contribution in [0.4, 0.5) is 5.95 Å². The minimum absolute atomic E-state index is 0.393. The van der Waals surface area contributed by atoms with Crippen LogP contribution in [-0.2, 0) is 0 Å². The summed E-state index contributed by atoms with van der Waals surface area (Å²) in [5.74, 6) is 0.393. The predicted molar refractivity (Wildman–Crippen MR) is 77.8 cm³/mol. The van der Waals surface area contributed by atoms with Gasteiger partial charge in [-0.2, -0.15) is 0 Å². The van der Waals surface area contributed by atoms with E-state index in [9.17, 15) is 0 Å². The number of halogens is 1. The number of benzene rings is 1. The molecule has 0 spiro atoms. The van der Waals surface area contributed by atoms with Crippen molar-refractivity contribution in [2.24, 2.45) is 0 Å². The smallest absolute Gasteiger partial charge is 0.207 e. The second-order valence-corrected chi connectivity index (χ2v) is 4.97. The molecule has 2 N–H and O–H groups in total. The van der Waals surface area contributed by atoms with E-state index in [-0.39, 0.29) is 0 Å². The van der Waals surface area contributed by atoms with E-state index in [1.807, 2.05) is 38.1 Å². The molecule has 19 heavy (non-hydrogen) atoms. The molecule has 1 aromatic carbocycles. The van der Waals surface area contributed by atoms with Crippen LogP contribution in [0.25, 0.3) is 16.9 Å². The van der Waals surface area contributed by atoms with Gasteiger partial charge in [-0.15, -0.1) is 0 Å². The number of nitrogens with two attached hydrogens (primary N) is 1. The summed E-state index contributed by atoms with van der Waals surface area (Å²) in [6.07, 6.45) is 1.75. The zero-order valence-corrected chi connectivity index (χ0v) is 11.4. The van der Waals surface area contributed by atoms with Crippen molar-refractivity contribution in [1.29, 1.82) is 0 Å². The van der Waals surface area contributed by atoms with Gasteiger partial charge in [0.05, 0.1) is 10.7 Å². The number of rotatable bonds is 1. The number of aromatic nitrogens is 3. The Morgan fingerprint density at radius 3 is 2.79 bits per heavy atom. The number of fused-ring (bicyclic) bond motifs is 1. The summed E-state index contributed by atoms with van der Waals surface area (Å²) in [6, 6.07) is 7.70. The second-order valence-electron chi connectivity index (χ2n) is 4.56. The summed E-state index contributed by atoms with van der Waals surface area (Å²) in [5, 5.41) is 0.625. The summed E-state index contributed by atoms with van der Waals surface area (Å²) in [5.41, 5.74) is 10.5. The molecule has 0 saturated carbocycles. The van der Waals surface area contributed by atoms with Crippen LogP contribution in [0, 0.1) is 13.8 Å². The first kappa shape index (κ1) is 12.0. The van der Waals surface area contributed by atoms with E-state index in [0.29, 0.717) is 11.0 Å². The third kappa shape index (κ3) is 1.85. The van der Waals surface area contributed by atoms with Gasteiger partial charge < -0.3 is 5.73 Å². The minimum Gasteiger partial charge on any atom is -0.369 e. The van der Waals surface area contributed by atoms with Crippen molar-refractivity contribution in [3.63, 3.8) is 0 Å². The maximum absolute atomic E-state index is 6.27. The molecule has 0 aliphatic heterocycles. The Hall–Kier alpha value is -2.07. The Balaban J connectivity index is 2.39. The fraction of sp³-hybridized carbons (Fsp3) is 0.143. The quantitative estimate of drug-likeness (QED) is 0.740. The van der Waals surface area contributed by atoms with Crippen molar-refractivity contribution in [2.45, 2.75) is 13.8 Å². The minimum atomic E-state index is 0.393. The molecule has 3 rings (SSSR count). The first-order valence-electron chi connectivity index (χ1n) is 5.94. The van der Waals surface area contributed by atoms with E-state index < -0.39 is 0 Å². The lowest BCUT2D eigenvalue weighted by Crippen LogP contribution is -2.02. The summed E-state index contributed by atoms with van der Waals surface area (Å²) >= 11 is 6.27. The number of nitrogens with zero attached hydrogens (tertiary/aromatic N) is 3. The van der Waals surface area contributed by atoms with Crippen molar-refractivity contribution in [3.05, 3.63) is 46.6 Å². The summed E-state index contributed by atoms with van der Waals surface area (Å²) in [6.45, 7) is 3.99. The fourth-order valence-corrected chi connectivity index (χ4v) is 2.34. The first-order chi connectivity index (χ1) is 9.08. The number of hydrogen-bond acceptors (Lipinski definition) is 3. The van der Waals surface area contributed by atoms with Crippen LogP contribution in [0.5, 0.6) is 0 Å². The second kappa shape index (κ2) is 4.24. The number of hydrogen-bond donors (Lipinski definition) is 1. The Labute approximate surface area is 115 Å². The number of aryl methyl sites for hydroxylation is 2.